The van der Waals surface area contributed by atoms with Gasteiger partial charge in [-0.25, -0.2) is 4.39 Å². The van der Waals surface area contributed by atoms with E-state index in [1.807, 2.05) is 0 Å². The third-order valence-corrected chi connectivity index (χ3v) is 2.44. The molecule has 0 fully saturated rings. The molecule has 0 spiro atoms. The van der Waals surface area contributed by atoms with Gasteiger partial charge in [0.05, 0.1) is 4.47 Å². The number of carbonyl (C=O) groups is 1. The average molecular weight is 230 g/mol. The highest BCUT2D eigenvalue weighted by Crippen LogP contribution is 2.23. The van der Waals surface area contributed by atoms with E-state index < -0.39 is 0 Å². The van der Waals surface area contributed by atoms with Crippen LogP contribution in [0.2, 0.25) is 0 Å². The highest BCUT2D eigenvalue weighted by Gasteiger charge is 2.20. The monoisotopic (exact) mass is 229 g/mol. The Bertz CT molecular complexity index is 364. The van der Waals surface area contributed by atoms with Crippen molar-refractivity contribution in [2.24, 2.45) is 0 Å². The molecule has 1 aliphatic heterocycles. The molecular formula is C8H5BrFNO. The lowest BCUT2D eigenvalue weighted by atomic mass is 10.1. The Morgan fingerprint density at radius 3 is 3.00 bits per heavy atom. The zero-order chi connectivity index (χ0) is 8.72. The van der Waals surface area contributed by atoms with Crippen LogP contribution in [0.15, 0.2) is 16.6 Å². The minimum Gasteiger partial charge on any atom is -0.348 e. The summed E-state index contributed by atoms with van der Waals surface area (Å²) in [6.07, 6.45) is 0. The summed E-state index contributed by atoms with van der Waals surface area (Å²) >= 11 is 3.02. The second-order valence-electron chi connectivity index (χ2n) is 2.61. The molecule has 1 N–H and O–H groups in total. The van der Waals surface area contributed by atoms with Crippen LogP contribution >= 0.6 is 15.9 Å². The fourth-order valence-corrected chi connectivity index (χ4v) is 1.56. The number of halogens is 2. The highest BCUT2D eigenvalue weighted by molar-refractivity contribution is 9.10. The number of carbonyl (C=O) groups excluding carboxylic acids is 1. The minimum absolute atomic E-state index is 0.134. The van der Waals surface area contributed by atoms with Crippen molar-refractivity contribution in [1.29, 1.82) is 0 Å². The van der Waals surface area contributed by atoms with Crippen LogP contribution in [0.3, 0.4) is 0 Å². The molecular weight excluding hydrogens is 225 g/mol. The molecule has 0 saturated heterocycles. The average Bonchev–Trinajstić information content (AvgIpc) is 2.35. The normalized spacial score (nSPS) is 14.3. The predicted octanol–water partition coefficient (Wildman–Crippen LogP) is 1.83. The molecule has 0 atom stereocenters. The van der Waals surface area contributed by atoms with Crippen LogP contribution in [0.5, 0.6) is 0 Å². The van der Waals surface area contributed by atoms with E-state index in [9.17, 15) is 9.18 Å². The van der Waals surface area contributed by atoms with Gasteiger partial charge in [-0.15, -0.1) is 0 Å². The zero-order valence-corrected chi connectivity index (χ0v) is 7.61. The molecule has 0 aromatic heterocycles. The maximum absolute atomic E-state index is 12.9. The highest BCUT2D eigenvalue weighted by atomic mass is 79.9. The Morgan fingerprint density at radius 2 is 2.25 bits per heavy atom. The molecule has 62 valence electrons. The van der Waals surface area contributed by atoms with Crippen LogP contribution in [-0.4, -0.2) is 5.91 Å². The molecule has 1 aliphatic rings. The third kappa shape index (κ3) is 1.03. The van der Waals surface area contributed by atoms with Crippen molar-refractivity contribution in [3.63, 3.8) is 0 Å². The number of hydrogen-bond acceptors (Lipinski definition) is 1. The first-order valence-corrected chi connectivity index (χ1v) is 4.24. The molecule has 2 nitrogen and oxygen atoms in total. The van der Waals surface area contributed by atoms with Gasteiger partial charge in [0.2, 0.25) is 0 Å². The van der Waals surface area contributed by atoms with Gasteiger partial charge in [0.1, 0.15) is 5.82 Å². The van der Waals surface area contributed by atoms with Gasteiger partial charge < -0.3 is 5.32 Å². The number of fused-ring (bicyclic) bond motifs is 1. The van der Waals surface area contributed by atoms with E-state index in [4.69, 9.17) is 0 Å². The van der Waals surface area contributed by atoms with Crippen LogP contribution in [0.25, 0.3) is 0 Å². The fraction of sp³-hybridized carbons (Fsp3) is 0.125. The zero-order valence-electron chi connectivity index (χ0n) is 6.03. The Morgan fingerprint density at radius 1 is 1.50 bits per heavy atom. The maximum Gasteiger partial charge on any atom is 0.251 e. The summed E-state index contributed by atoms with van der Waals surface area (Å²) in [6, 6.07) is 2.88. The van der Waals surface area contributed by atoms with E-state index >= 15 is 0 Å². The Labute approximate surface area is 76.9 Å². The first-order chi connectivity index (χ1) is 5.68. The topological polar surface area (TPSA) is 29.1 Å². The van der Waals surface area contributed by atoms with E-state index in [1.165, 1.54) is 12.1 Å². The Balaban J connectivity index is 2.63. The molecule has 1 aromatic rings. The van der Waals surface area contributed by atoms with E-state index in [1.54, 1.807) is 0 Å². The molecule has 0 saturated carbocycles. The molecule has 2 rings (SSSR count). The molecule has 1 aromatic carbocycles. The lowest BCUT2D eigenvalue weighted by Crippen LogP contribution is -2.12. The Kier molecular flexibility index (Phi) is 1.65. The number of benzene rings is 1. The SMILES string of the molecule is O=C1NCc2cc(F)c(Br)cc21. The van der Waals surface area contributed by atoms with Crippen molar-refractivity contribution in [1.82, 2.24) is 5.32 Å². The number of amides is 1. The van der Waals surface area contributed by atoms with Gasteiger partial charge >= 0.3 is 0 Å². The van der Waals surface area contributed by atoms with Gasteiger partial charge in [-0.05, 0) is 33.6 Å². The first kappa shape index (κ1) is 7.73. The van der Waals surface area contributed by atoms with Crippen molar-refractivity contribution >= 4 is 21.8 Å². The standard InChI is InChI=1S/C8H5BrFNO/c9-6-2-5-4(1-7(6)10)3-11-8(5)12/h1-2H,3H2,(H,11,12). The van der Waals surface area contributed by atoms with Crippen molar-refractivity contribution in [3.8, 4) is 0 Å². The van der Waals surface area contributed by atoms with Gasteiger partial charge in [-0.3, -0.25) is 4.79 Å². The minimum atomic E-state index is -0.328. The van der Waals surface area contributed by atoms with Gasteiger partial charge in [-0.1, -0.05) is 0 Å². The van der Waals surface area contributed by atoms with Crippen LogP contribution in [0.1, 0.15) is 15.9 Å². The molecule has 4 heteroatoms. The fourth-order valence-electron chi connectivity index (χ4n) is 1.22. The number of rotatable bonds is 0. The summed E-state index contributed by atoms with van der Waals surface area (Å²) in [5.41, 5.74) is 1.28. The number of nitrogens with one attached hydrogen (secondary N) is 1. The molecule has 1 heterocycles. The quantitative estimate of drug-likeness (QED) is 0.723. The second kappa shape index (κ2) is 2.55. The van der Waals surface area contributed by atoms with Crippen LogP contribution in [-0.2, 0) is 6.54 Å². The van der Waals surface area contributed by atoms with Crippen LogP contribution in [0.4, 0.5) is 4.39 Å². The Hall–Kier alpha value is -0.900. The summed E-state index contributed by atoms with van der Waals surface area (Å²) in [6.45, 7) is 0.429. The third-order valence-electron chi connectivity index (χ3n) is 1.83. The largest absolute Gasteiger partial charge is 0.348 e. The van der Waals surface area contributed by atoms with Crippen molar-refractivity contribution in [3.05, 3.63) is 33.5 Å². The summed E-state index contributed by atoms with van der Waals surface area (Å²) in [4.78, 5) is 11.1. The van der Waals surface area contributed by atoms with Gasteiger partial charge in [0, 0.05) is 12.1 Å². The van der Waals surface area contributed by atoms with Gasteiger partial charge in [0.15, 0.2) is 0 Å². The lowest BCUT2D eigenvalue weighted by molar-refractivity contribution is 0.0965. The van der Waals surface area contributed by atoms with Crippen molar-refractivity contribution in [2.45, 2.75) is 6.54 Å². The molecule has 1 amide bonds. The molecule has 0 bridgehead atoms. The lowest BCUT2D eigenvalue weighted by Gasteiger charge is -1.97. The van der Waals surface area contributed by atoms with Crippen LogP contribution in [0, 0.1) is 5.82 Å². The van der Waals surface area contributed by atoms with E-state index in [2.05, 4.69) is 21.2 Å². The molecule has 12 heavy (non-hydrogen) atoms. The van der Waals surface area contributed by atoms with Crippen molar-refractivity contribution < 1.29 is 9.18 Å². The summed E-state index contributed by atoms with van der Waals surface area (Å²) in [5, 5.41) is 2.61. The van der Waals surface area contributed by atoms with E-state index in [0.29, 0.717) is 16.6 Å². The second-order valence-corrected chi connectivity index (χ2v) is 3.46. The van der Waals surface area contributed by atoms with E-state index in [0.717, 1.165) is 5.56 Å². The summed E-state index contributed by atoms with van der Waals surface area (Å²) < 4.78 is 13.2. The summed E-state index contributed by atoms with van der Waals surface area (Å²) in [5.74, 6) is -0.462. The number of hydrogen-bond donors (Lipinski definition) is 1. The van der Waals surface area contributed by atoms with Crippen molar-refractivity contribution in [2.75, 3.05) is 0 Å². The molecule has 0 unspecified atom stereocenters. The van der Waals surface area contributed by atoms with Crippen LogP contribution < -0.4 is 5.32 Å². The first-order valence-electron chi connectivity index (χ1n) is 3.44. The van der Waals surface area contributed by atoms with E-state index in [-0.39, 0.29) is 11.7 Å². The molecule has 0 aliphatic carbocycles. The van der Waals surface area contributed by atoms with Gasteiger partial charge in [0.25, 0.3) is 5.91 Å². The smallest absolute Gasteiger partial charge is 0.251 e. The maximum atomic E-state index is 12.9. The van der Waals surface area contributed by atoms with Gasteiger partial charge in [-0.2, -0.15) is 0 Å². The predicted molar refractivity (Wildman–Crippen MR) is 45.3 cm³/mol. The summed E-state index contributed by atoms with van der Waals surface area (Å²) in [7, 11) is 0. The molecule has 0 radical (unpaired) electrons.